The molecule has 0 spiro atoms. The number of halogens is 1. The van der Waals surface area contributed by atoms with Crippen LogP contribution < -0.4 is 14.8 Å². The van der Waals surface area contributed by atoms with Crippen molar-refractivity contribution in [2.45, 2.75) is 18.7 Å². The molecule has 0 saturated heterocycles. The van der Waals surface area contributed by atoms with E-state index in [4.69, 9.17) is 21.4 Å². The van der Waals surface area contributed by atoms with Gasteiger partial charge in [-0.05, 0) is 36.2 Å². The van der Waals surface area contributed by atoms with E-state index in [1.165, 1.54) is 24.3 Å². The van der Waals surface area contributed by atoms with Crippen LogP contribution in [-0.2, 0) is 14.8 Å². The minimum Gasteiger partial charge on any atom is -0.480 e. The molecule has 2 aromatic rings. The minimum atomic E-state index is -4.06. The number of carbonyl (C=O) groups excluding carboxylic acids is 1. The van der Waals surface area contributed by atoms with Gasteiger partial charge < -0.3 is 15.2 Å². The second-order valence-electron chi connectivity index (χ2n) is 6.53. The number of sulfonamides is 1. The van der Waals surface area contributed by atoms with Crippen LogP contribution in [0.2, 0.25) is 5.02 Å². The van der Waals surface area contributed by atoms with Crippen LogP contribution in [0, 0.1) is 5.92 Å². The average molecular weight is 441 g/mol. The molecule has 1 amide bonds. The highest BCUT2D eigenvalue weighted by Crippen LogP contribution is 2.29. The fourth-order valence-corrected chi connectivity index (χ4v) is 3.68. The van der Waals surface area contributed by atoms with Crippen molar-refractivity contribution in [1.82, 2.24) is 5.32 Å². The van der Waals surface area contributed by atoms with Crippen molar-refractivity contribution in [3.8, 4) is 5.75 Å². The van der Waals surface area contributed by atoms with Gasteiger partial charge in [0.25, 0.3) is 15.9 Å². The molecule has 0 aliphatic heterocycles. The highest BCUT2D eigenvalue weighted by Gasteiger charge is 2.20. The molecule has 0 unspecified atom stereocenters. The lowest BCUT2D eigenvalue weighted by Crippen LogP contribution is -2.28. The summed E-state index contributed by atoms with van der Waals surface area (Å²) < 4.78 is 32.8. The molecular weight excluding hydrogens is 420 g/mol. The first-order valence-corrected chi connectivity index (χ1v) is 10.5. The van der Waals surface area contributed by atoms with Gasteiger partial charge in [-0.15, -0.1) is 0 Å². The standard InChI is InChI=1S/C19H21ClN2O6S/c1-12(2)10-21-19(25)14-5-3-4-6-16(14)22-29(26,27)13-7-8-17(15(20)9-13)28-11-18(23)24/h3-9,12,22H,10-11H2,1-2H3,(H,21,25)(H,23,24). The number of carbonyl (C=O) groups is 2. The third kappa shape index (κ3) is 6.37. The average Bonchev–Trinajstić information content (AvgIpc) is 2.65. The summed E-state index contributed by atoms with van der Waals surface area (Å²) in [6, 6.07) is 9.87. The van der Waals surface area contributed by atoms with Crippen LogP contribution in [0.4, 0.5) is 5.69 Å². The molecule has 0 aromatic heterocycles. The molecule has 0 atom stereocenters. The van der Waals surface area contributed by atoms with E-state index in [9.17, 15) is 18.0 Å². The van der Waals surface area contributed by atoms with Gasteiger partial charge in [0.1, 0.15) is 5.75 Å². The highest BCUT2D eigenvalue weighted by atomic mass is 35.5. The number of rotatable bonds is 9. The molecule has 0 aliphatic rings. The molecule has 0 bridgehead atoms. The van der Waals surface area contributed by atoms with Gasteiger partial charge in [0.2, 0.25) is 0 Å². The molecule has 0 radical (unpaired) electrons. The Hall–Kier alpha value is -2.78. The van der Waals surface area contributed by atoms with Crippen LogP contribution >= 0.6 is 11.6 Å². The lowest BCUT2D eigenvalue weighted by Gasteiger charge is -2.14. The summed E-state index contributed by atoms with van der Waals surface area (Å²) in [6.07, 6.45) is 0. The van der Waals surface area contributed by atoms with Crippen LogP contribution in [0.5, 0.6) is 5.75 Å². The van der Waals surface area contributed by atoms with Crippen molar-refractivity contribution in [1.29, 1.82) is 0 Å². The maximum atomic E-state index is 12.7. The van der Waals surface area contributed by atoms with Gasteiger partial charge >= 0.3 is 5.97 Å². The van der Waals surface area contributed by atoms with E-state index in [2.05, 4.69) is 10.0 Å². The topological polar surface area (TPSA) is 122 Å². The summed E-state index contributed by atoms with van der Waals surface area (Å²) in [7, 11) is -4.06. The predicted octanol–water partition coefficient (Wildman–Crippen LogP) is 2.99. The van der Waals surface area contributed by atoms with Gasteiger partial charge in [-0.1, -0.05) is 37.6 Å². The second-order valence-corrected chi connectivity index (χ2v) is 8.62. The summed E-state index contributed by atoms with van der Waals surface area (Å²) in [5, 5.41) is 11.3. The first-order chi connectivity index (χ1) is 13.6. The van der Waals surface area contributed by atoms with E-state index in [-0.39, 0.29) is 32.8 Å². The molecule has 0 fully saturated rings. The number of anilines is 1. The van der Waals surface area contributed by atoms with Crippen LogP contribution in [0.15, 0.2) is 47.4 Å². The fourth-order valence-electron chi connectivity index (χ4n) is 2.27. The van der Waals surface area contributed by atoms with Gasteiger partial charge in [0.05, 0.1) is 21.2 Å². The van der Waals surface area contributed by atoms with E-state index < -0.39 is 28.5 Å². The Labute approximate surface area is 173 Å². The quantitative estimate of drug-likeness (QED) is 0.551. The minimum absolute atomic E-state index is 0.0430. The molecule has 8 nitrogen and oxygen atoms in total. The van der Waals surface area contributed by atoms with E-state index >= 15 is 0 Å². The Morgan fingerprint density at radius 2 is 1.86 bits per heavy atom. The summed E-state index contributed by atoms with van der Waals surface area (Å²) in [4.78, 5) is 22.8. The van der Waals surface area contributed by atoms with E-state index in [1.807, 2.05) is 13.8 Å². The first kappa shape index (κ1) is 22.5. The maximum Gasteiger partial charge on any atom is 0.341 e. The van der Waals surface area contributed by atoms with Crippen LogP contribution in [-0.4, -0.2) is 38.6 Å². The smallest absolute Gasteiger partial charge is 0.341 e. The van der Waals surface area contributed by atoms with Crippen LogP contribution in [0.3, 0.4) is 0 Å². The molecule has 2 aromatic carbocycles. The number of carboxylic acids is 1. The van der Waals surface area contributed by atoms with E-state index in [0.29, 0.717) is 6.54 Å². The summed E-state index contributed by atoms with van der Waals surface area (Å²) >= 11 is 6.00. The molecule has 0 aliphatic carbocycles. The lowest BCUT2D eigenvalue weighted by molar-refractivity contribution is -0.139. The number of hydrogen-bond acceptors (Lipinski definition) is 5. The van der Waals surface area contributed by atoms with Crippen molar-refractivity contribution >= 4 is 39.2 Å². The third-order valence-electron chi connectivity index (χ3n) is 3.65. The number of ether oxygens (including phenoxy) is 1. The van der Waals surface area contributed by atoms with Gasteiger partial charge in [-0.25, -0.2) is 13.2 Å². The molecular formula is C19H21ClN2O6S. The van der Waals surface area contributed by atoms with Gasteiger partial charge in [0.15, 0.2) is 6.61 Å². The van der Waals surface area contributed by atoms with Crippen LogP contribution in [0.25, 0.3) is 0 Å². The second kappa shape index (κ2) is 9.62. The van der Waals surface area contributed by atoms with Crippen molar-refractivity contribution in [2.24, 2.45) is 5.92 Å². The van der Waals surface area contributed by atoms with E-state index in [0.717, 1.165) is 6.07 Å². The van der Waals surface area contributed by atoms with Crippen molar-refractivity contribution in [2.75, 3.05) is 17.9 Å². The number of benzene rings is 2. The summed E-state index contributed by atoms with van der Waals surface area (Å²) in [5.41, 5.74) is 0.306. The first-order valence-electron chi connectivity index (χ1n) is 8.64. The molecule has 10 heteroatoms. The SMILES string of the molecule is CC(C)CNC(=O)c1ccccc1NS(=O)(=O)c1ccc(OCC(=O)O)c(Cl)c1. The number of amides is 1. The maximum absolute atomic E-state index is 12.7. The van der Waals surface area contributed by atoms with E-state index in [1.54, 1.807) is 12.1 Å². The Bertz CT molecular complexity index is 1010. The summed E-state index contributed by atoms with van der Waals surface area (Å²) in [6.45, 7) is 3.74. The normalized spacial score (nSPS) is 11.2. The zero-order valence-electron chi connectivity index (χ0n) is 15.8. The highest BCUT2D eigenvalue weighted by molar-refractivity contribution is 7.92. The molecule has 0 heterocycles. The summed E-state index contributed by atoms with van der Waals surface area (Å²) in [5.74, 6) is -1.30. The number of para-hydroxylation sites is 1. The molecule has 156 valence electrons. The molecule has 3 N–H and O–H groups in total. The zero-order valence-corrected chi connectivity index (χ0v) is 17.4. The molecule has 2 rings (SSSR count). The molecule has 0 saturated carbocycles. The van der Waals surface area contributed by atoms with Gasteiger partial charge in [-0.3, -0.25) is 9.52 Å². The number of aliphatic carboxylic acids is 1. The Morgan fingerprint density at radius 3 is 2.48 bits per heavy atom. The largest absolute Gasteiger partial charge is 0.480 e. The fraction of sp³-hybridized carbons (Fsp3) is 0.263. The van der Waals surface area contributed by atoms with Gasteiger partial charge in [-0.2, -0.15) is 0 Å². The Balaban J connectivity index is 2.25. The third-order valence-corrected chi connectivity index (χ3v) is 5.31. The van der Waals surface area contributed by atoms with Gasteiger partial charge in [0, 0.05) is 6.54 Å². The zero-order chi connectivity index (χ0) is 21.6. The van der Waals surface area contributed by atoms with Crippen molar-refractivity contribution < 1.29 is 27.9 Å². The lowest BCUT2D eigenvalue weighted by atomic mass is 10.1. The van der Waals surface area contributed by atoms with Crippen LogP contribution in [0.1, 0.15) is 24.2 Å². The van der Waals surface area contributed by atoms with Crippen molar-refractivity contribution in [3.63, 3.8) is 0 Å². The predicted molar refractivity (Wildman–Crippen MR) is 109 cm³/mol. The number of carboxylic acid groups (broad SMARTS) is 1. The number of nitrogens with one attached hydrogen (secondary N) is 2. The number of hydrogen-bond donors (Lipinski definition) is 3. The Morgan fingerprint density at radius 1 is 1.17 bits per heavy atom. The van der Waals surface area contributed by atoms with Crippen molar-refractivity contribution in [3.05, 3.63) is 53.1 Å². The Kier molecular flexibility index (Phi) is 7.46. The molecule has 29 heavy (non-hydrogen) atoms. The monoisotopic (exact) mass is 440 g/mol.